The summed E-state index contributed by atoms with van der Waals surface area (Å²) < 4.78 is 5.57. The fourth-order valence-electron chi connectivity index (χ4n) is 4.39. The van der Waals surface area contributed by atoms with Gasteiger partial charge in [-0.15, -0.1) is 0 Å². The first kappa shape index (κ1) is 34.2. The maximum Gasteiger partial charge on any atom is 0.305 e. The van der Waals surface area contributed by atoms with Crippen LogP contribution in [0.2, 0.25) is 0 Å². The Labute approximate surface area is 241 Å². The van der Waals surface area contributed by atoms with Gasteiger partial charge in [0.15, 0.2) is 5.96 Å². The van der Waals surface area contributed by atoms with Gasteiger partial charge in [-0.1, -0.05) is 13.8 Å². The molecule has 0 aromatic rings. The predicted octanol–water partition coefficient (Wildman–Crippen LogP) is -5.25. The summed E-state index contributed by atoms with van der Waals surface area (Å²) in [5.41, 5.74) is 10.6. The number of aliphatic hydroxyl groups is 2. The minimum Gasteiger partial charge on any atom is -0.481 e. The molecule has 0 aliphatic carbocycles. The van der Waals surface area contributed by atoms with E-state index >= 15 is 0 Å². The third-order valence-corrected chi connectivity index (χ3v) is 6.62. The summed E-state index contributed by atoms with van der Waals surface area (Å²) in [6.07, 6.45) is -6.58. The Morgan fingerprint density at radius 3 is 2.21 bits per heavy atom. The molecule has 0 spiro atoms. The standard InChI is InChI=1S/C24H40N8O10/c1-10(2)18-23(41)28-8-14-20(38)19(37)13(42-14)7-15(33)30-12(6-17(35)36)22(40)31-11(4-3-5-27-24(25)26)21(39)29-9-16(34)32-18/h10-14,18-20,37-38H,3-9H2,1-2H3,(H,28,41)(H,29,39)(H,30,33)(H,31,40)(H,32,34)(H,35,36)(H4,25,26,27)/t11-,12-,13-,14+,18?,19-,20+/m0/s1. The van der Waals surface area contributed by atoms with Gasteiger partial charge in [0, 0.05) is 13.1 Å². The molecule has 2 fully saturated rings. The molecule has 5 amide bonds. The largest absolute Gasteiger partial charge is 0.481 e. The molecule has 2 rings (SSSR count). The van der Waals surface area contributed by atoms with Crippen LogP contribution in [0.15, 0.2) is 4.99 Å². The maximum absolute atomic E-state index is 13.0. The number of carboxylic acid groups (broad SMARTS) is 1. The van der Waals surface area contributed by atoms with Crippen LogP contribution in [0, 0.1) is 5.92 Å². The van der Waals surface area contributed by atoms with Crippen LogP contribution < -0.4 is 38.1 Å². The van der Waals surface area contributed by atoms with E-state index in [1.165, 1.54) is 0 Å². The number of carbonyl (C=O) groups excluding carboxylic acids is 5. The fraction of sp³-hybridized carbons (Fsp3) is 0.708. The highest BCUT2D eigenvalue weighted by molar-refractivity contribution is 5.95. The lowest BCUT2D eigenvalue weighted by molar-refractivity contribution is -0.141. The second-order valence-electron chi connectivity index (χ2n) is 10.4. The molecule has 0 aromatic carbocycles. The van der Waals surface area contributed by atoms with Crippen molar-refractivity contribution in [2.75, 3.05) is 19.6 Å². The van der Waals surface area contributed by atoms with Crippen LogP contribution in [-0.2, 0) is 33.5 Å². The first-order valence-corrected chi connectivity index (χ1v) is 13.4. The van der Waals surface area contributed by atoms with Crippen molar-refractivity contribution in [3.05, 3.63) is 0 Å². The normalized spacial score (nSPS) is 30.0. The highest BCUT2D eigenvalue weighted by Gasteiger charge is 2.44. The number of rotatable bonds is 7. The van der Waals surface area contributed by atoms with Crippen LogP contribution in [0.3, 0.4) is 0 Å². The van der Waals surface area contributed by atoms with E-state index in [1.807, 2.05) is 0 Å². The fourth-order valence-corrected chi connectivity index (χ4v) is 4.39. The highest BCUT2D eigenvalue weighted by Crippen LogP contribution is 2.23. The summed E-state index contributed by atoms with van der Waals surface area (Å²) >= 11 is 0. The van der Waals surface area contributed by atoms with Crippen molar-refractivity contribution in [3.63, 3.8) is 0 Å². The van der Waals surface area contributed by atoms with Gasteiger partial charge in [0.1, 0.15) is 36.4 Å². The second kappa shape index (κ2) is 15.8. The van der Waals surface area contributed by atoms with Gasteiger partial charge < -0.3 is 58.1 Å². The predicted molar refractivity (Wildman–Crippen MR) is 144 cm³/mol. The number of aliphatic carboxylic acids is 1. The van der Waals surface area contributed by atoms with Gasteiger partial charge in [-0.05, 0) is 18.8 Å². The lowest BCUT2D eigenvalue weighted by Gasteiger charge is -2.24. The number of carboxylic acids is 1. The lowest BCUT2D eigenvalue weighted by atomic mass is 10.0. The number of nitrogens with one attached hydrogen (secondary N) is 5. The average Bonchev–Trinajstić information content (AvgIpc) is 3.16. The Morgan fingerprint density at radius 1 is 0.929 bits per heavy atom. The zero-order chi connectivity index (χ0) is 31.6. The van der Waals surface area contributed by atoms with E-state index < -0.39 is 97.4 Å². The number of aliphatic hydroxyl groups excluding tert-OH is 2. The Kier molecular flexibility index (Phi) is 12.9. The van der Waals surface area contributed by atoms with Gasteiger partial charge >= 0.3 is 5.97 Å². The molecule has 2 saturated heterocycles. The van der Waals surface area contributed by atoms with Crippen molar-refractivity contribution in [2.24, 2.45) is 22.4 Å². The first-order chi connectivity index (χ1) is 19.7. The molecule has 18 nitrogen and oxygen atoms in total. The van der Waals surface area contributed by atoms with Crippen molar-refractivity contribution in [2.45, 2.75) is 82.1 Å². The van der Waals surface area contributed by atoms with E-state index in [0.717, 1.165) is 0 Å². The topological polar surface area (TPSA) is 297 Å². The monoisotopic (exact) mass is 600 g/mol. The number of hydrogen-bond donors (Lipinski definition) is 10. The van der Waals surface area contributed by atoms with Crippen molar-refractivity contribution in [3.8, 4) is 0 Å². The number of fused-ring (bicyclic) bond motifs is 2. The summed E-state index contributed by atoms with van der Waals surface area (Å²) in [7, 11) is 0. The zero-order valence-corrected chi connectivity index (χ0v) is 23.4. The van der Waals surface area contributed by atoms with Gasteiger partial charge in [0.05, 0.1) is 25.5 Å². The van der Waals surface area contributed by atoms with Crippen LogP contribution in [0.25, 0.3) is 0 Å². The molecule has 2 aliphatic rings. The molecule has 0 radical (unpaired) electrons. The molecular formula is C24H40N8O10. The molecular weight excluding hydrogens is 560 g/mol. The third-order valence-electron chi connectivity index (χ3n) is 6.62. The number of ether oxygens (including phenoxy) is 1. The average molecular weight is 601 g/mol. The summed E-state index contributed by atoms with van der Waals surface area (Å²) in [5, 5.41) is 42.2. The SMILES string of the molecule is CC(C)C1NC(=O)CNC(=O)[C@H](CCCN=C(N)N)NC(=O)[C@H](CC(=O)O)NC(=O)C[C@@H]2O[C@H](CNC1=O)[C@@H](O)[C@H]2O. The number of aliphatic imine (C=N–C) groups is 1. The quantitative estimate of drug-likeness (QED) is 0.0745. The molecule has 2 heterocycles. The Hall–Kier alpha value is -4.03. The van der Waals surface area contributed by atoms with Gasteiger partial charge in [-0.25, -0.2) is 0 Å². The molecule has 236 valence electrons. The summed E-state index contributed by atoms with van der Waals surface area (Å²) in [6, 6.07) is -3.94. The molecule has 2 aliphatic heterocycles. The molecule has 42 heavy (non-hydrogen) atoms. The Balaban J connectivity index is 2.34. The lowest BCUT2D eigenvalue weighted by Crippen LogP contribution is -2.56. The molecule has 0 aromatic heterocycles. The summed E-state index contributed by atoms with van der Waals surface area (Å²) in [6.45, 7) is 2.61. The molecule has 12 N–H and O–H groups in total. The second-order valence-corrected chi connectivity index (χ2v) is 10.4. The van der Waals surface area contributed by atoms with Crippen molar-refractivity contribution in [1.29, 1.82) is 0 Å². The first-order valence-electron chi connectivity index (χ1n) is 13.4. The number of amides is 5. The summed E-state index contributed by atoms with van der Waals surface area (Å²) in [5.74, 6) is -6.01. The van der Waals surface area contributed by atoms with E-state index in [2.05, 4.69) is 31.6 Å². The van der Waals surface area contributed by atoms with Crippen LogP contribution in [0.1, 0.15) is 39.5 Å². The van der Waals surface area contributed by atoms with E-state index in [1.54, 1.807) is 13.8 Å². The molecule has 7 atom stereocenters. The third kappa shape index (κ3) is 10.4. The molecule has 1 unspecified atom stereocenters. The number of guanidine groups is 1. The minimum absolute atomic E-state index is 0.0257. The number of hydrogen-bond acceptors (Lipinski definition) is 10. The summed E-state index contributed by atoms with van der Waals surface area (Å²) in [4.78, 5) is 79.4. The van der Waals surface area contributed by atoms with E-state index in [-0.39, 0.29) is 37.8 Å². The maximum atomic E-state index is 13.0. The van der Waals surface area contributed by atoms with Gasteiger partial charge in [-0.3, -0.25) is 33.8 Å². The van der Waals surface area contributed by atoms with Crippen molar-refractivity contribution in [1.82, 2.24) is 26.6 Å². The highest BCUT2D eigenvalue weighted by atomic mass is 16.5. The smallest absolute Gasteiger partial charge is 0.305 e. The molecule has 2 bridgehead atoms. The van der Waals surface area contributed by atoms with Crippen LogP contribution in [0.5, 0.6) is 0 Å². The molecule has 0 saturated carbocycles. The minimum atomic E-state index is -1.63. The van der Waals surface area contributed by atoms with Gasteiger partial charge in [0.2, 0.25) is 29.5 Å². The molecule has 18 heteroatoms. The van der Waals surface area contributed by atoms with Crippen molar-refractivity contribution < 1.29 is 48.8 Å². The number of carbonyl (C=O) groups is 6. The number of nitrogens with zero attached hydrogens (tertiary/aromatic N) is 1. The van der Waals surface area contributed by atoms with Crippen LogP contribution in [0.4, 0.5) is 0 Å². The van der Waals surface area contributed by atoms with Crippen molar-refractivity contribution >= 4 is 41.5 Å². The van der Waals surface area contributed by atoms with E-state index in [0.29, 0.717) is 0 Å². The number of nitrogens with two attached hydrogens (primary N) is 2. The Morgan fingerprint density at radius 2 is 1.60 bits per heavy atom. The van der Waals surface area contributed by atoms with Gasteiger partial charge in [0.25, 0.3) is 0 Å². The zero-order valence-electron chi connectivity index (χ0n) is 23.4. The van der Waals surface area contributed by atoms with Gasteiger partial charge in [-0.2, -0.15) is 0 Å². The van der Waals surface area contributed by atoms with E-state index in [9.17, 15) is 44.1 Å². The Bertz CT molecular complexity index is 1050. The van der Waals surface area contributed by atoms with Crippen LogP contribution >= 0.6 is 0 Å². The van der Waals surface area contributed by atoms with Crippen LogP contribution in [-0.4, -0.2) is 119 Å². The van der Waals surface area contributed by atoms with E-state index in [4.69, 9.17) is 16.2 Å².